The summed E-state index contributed by atoms with van der Waals surface area (Å²) in [6.07, 6.45) is 5.52. The van der Waals surface area contributed by atoms with Crippen LogP contribution in [-0.4, -0.2) is 27.8 Å². The van der Waals surface area contributed by atoms with E-state index in [1.165, 1.54) is 24.8 Å². The first-order valence-corrected chi connectivity index (χ1v) is 6.67. The average molecular weight is 246 g/mol. The van der Waals surface area contributed by atoms with Gasteiger partial charge in [0, 0.05) is 24.8 Å². The third kappa shape index (κ3) is 2.70. The summed E-state index contributed by atoms with van der Waals surface area (Å²) in [4.78, 5) is 6.66. The van der Waals surface area contributed by atoms with Gasteiger partial charge in [0.1, 0.15) is 11.5 Å². The molecule has 4 heteroatoms. The number of hydrogen-bond acceptors (Lipinski definition) is 3. The molecule has 2 heterocycles. The Morgan fingerprint density at radius 3 is 3.00 bits per heavy atom. The smallest absolute Gasteiger partial charge is 0.141 e. The second-order valence-corrected chi connectivity index (χ2v) is 5.12. The van der Waals surface area contributed by atoms with Gasteiger partial charge in [0.05, 0.1) is 0 Å². The predicted octanol–water partition coefficient (Wildman–Crippen LogP) is 2.13. The highest BCUT2D eigenvalue weighted by Crippen LogP contribution is 2.27. The fraction of sp³-hybridized carbons (Fsp3) is 0.571. The first kappa shape index (κ1) is 13.0. The normalized spacial score (nSPS) is 24.3. The number of aromatic nitrogens is 1. The van der Waals surface area contributed by atoms with Crippen molar-refractivity contribution in [2.45, 2.75) is 51.7 Å². The maximum absolute atomic E-state index is 7.43. The van der Waals surface area contributed by atoms with Crippen molar-refractivity contribution in [1.29, 1.82) is 5.41 Å². The van der Waals surface area contributed by atoms with Gasteiger partial charge in [0.25, 0.3) is 0 Å². The van der Waals surface area contributed by atoms with E-state index in [0.717, 1.165) is 6.54 Å². The lowest BCUT2D eigenvalue weighted by Crippen LogP contribution is -2.33. The van der Waals surface area contributed by atoms with Gasteiger partial charge in [-0.2, -0.15) is 0 Å². The summed E-state index contributed by atoms with van der Waals surface area (Å²) in [5.41, 5.74) is 7.25. The van der Waals surface area contributed by atoms with E-state index in [1.807, 2.05) is 12.1 Å². The molecule has 1 fully saturated rings. The van der Waals surface area contributed by atoms with E-state index in [4.69, 9.17) is 11.1 Å². The number of amidine groups is 1. The van der Waals surface area contributed by atoms with Crippen LogP contribution in [-0.2, 0) is 6.54 Å². The van der Waals surface area contributed by atoms with Crippen LogP contribution in [0.5, 0.6) is 0 Å². The summed E-state index contributed by atoms with van der Waals surface area (Å²) in [6.45, 7) is 5.48. The Kier molecular flexibility index (Phi) is 3.97. The molecule has 1 aromatic rings. The molecule has 1 aromatic heterocycles. The van der Waals surface area contributed by atoms with Crippen LogP contribution in [0.2, 0.25) is 0 Å². The van der Waals surface area contributed by atoms with Crippen molar-refractivity contribution in [2.24, 2.45) is 5.73 Å². The molecule has 2 unspecified atom stereocenters. The van der Waals surface area contributed by atoms with Crippen LogP contribution < -0.4 is 5.73 Å². The molecule has 0 bridgehead atoms. The standard InChI is InChI=1S/C14H22N4/c1-3-12-5-4-10(2)18(12)9-11-6-7-17-13(8-11)14(15)16/h6-8,10,12H,3-5,9H2,1-2H3,(H3,15,16). The van der Waals surface area contributed by atoms with Gasteiger partial charge < -0.3 is 5.73 Å². The van der Waals surface area contributed by atoms with Crippen LogP contribution in [0.3, 0.4) is 0 Å². The van der Waals surface area contributed by atoms with Gasteiger partial charge in [-0.1, -0.05) is 6.92 Å². The van der Waals surface area contributed by atoms with Gasteiger partial charge in [-0.25, -0.2) is 0 Å². The lowest BCUT2D eigenvalue weighted by atomic mass is 10.1. The molecule has 2 rings (SSSR count). The molecule has 0 saturated carbocycles. The van der Waals surface area contributed by atoms with Crippen molar-refractivity contribution in [3.05, 3.63) is 29.6 Å². The second-order valence-electron chi connectivity index (χ2n) is 5.12. The molecule has 0 spiro atoms. The summed E-state index contributed by atoms with van der Waals surface area (Å²) in [6, 6.07) is 5.28. The maximum atomic E-state index is 7.43. The van der Waals surface area contributed by atoms with Crippen molar-refractivity contribution in [3.8, 4) is 0 Å². The first-order valence-electron chi connectivity index (χ1n) is 6.67. The Morgan fingerprint density at radius 1 is 1.56 bits per heavy atom. The molecular formula is C14H22N4. The SMILES string of the molecule is CCC1CCC(C)N1Cc1ccnc(C(=N)N)c1. The van der Waals surface area contributed by atoms with Gasteiger partial charge in [-0.3, -0.25) is 15.3 Å². The Labute approximate surface area is 109 Å². The monoisotopic (exact) mass is 246 g/mol. The quantitative estimate of drug-likeness (QED) is 0.632. The summed E-state index contributed by atoms with van der Waals surface area (Å²) in [5, 5.41) is 7.43. The van der Waals surface area contributed by atoms with Gasteiger partial charge in [-0.15, -0.1) is 0 Å². The summed E-state index contributed by atoms with van der Waals surface area (Å²) in [7, 11) is 0. The zero-order chi connectivity index (χ0) is 13.1. The average Bonchev–Trinajstić information content (AvgIpc) is 2.71. The van der Waals surface area contributed by atoms with E-state index < -0.39 is 0 Å². The number of pyridine rings is 1. The van der Waals surface area contributed by atoms with E-state index in [0.29, 0.717) is 17.8 Å². The van der Waals surface area contributed by atoms with Gasteiger partial charge in [0.15, 0.2) is 0 Å². The molecule has 0 aliphatic carbocycles. The Balaban J connectivity index is 2.13. The van der Waals surface area contributed by atoms with E-state index in [2.05, 4.69) is 23.7 Å². The van der Waals surface area contributed by atoms with Gasteiger partial charge in [-0.05, 0) is 43.9 Å². The van der Waals surface area contributed by atoms with E-state index in [1.54, 1.807) is 6.20 Å². The summed E-state index contributed by atoms with van der Waals surface area (Å²) >= 11 is 0. The fourth-order valence-corrected chi connectivity index (χ4v) is 2.78. The molecular weight excluding hydrogens is 224 g/mol. The fourth-order valence-electron chi connectivity index (χ4n) is 2.78. The maximum Gasteiger partial charge on any atom is 0.141 e. The van der Waals surface area contributed by atoms with Crippen molar-refractivity contribution < 1.29 is 0 Å². The molecule has 2 atom stereocenters. The minimum Gasteiger partial charge on any atom is -0.382 e. The number of nitrogens with zero attached hydrogens (tertiary/aromatic N) is 2. The zero-order valence-corrected chi connectivity index (χ0v) is 11.2. The number of likely N-dealkylation sites (tertiary alicyclic amines) is 1. The van der Waals surface area contributed by atoms with E-state index >= 15 is 0 Å². The summed E-state index contributed by atoms with van der Waals surface area (Å²) < 4.78 is 0. The zero-order valence-electron chi connectivity index (χ0n) is 11.2. The lowest BCUT2D eigenvalue weighted by Gasteiger charge is -2.27. The first-order chi connectivity index (χ1) is 8.61. The lowest BCUT2D eigenvalue weighted by molar-refractivity contribution is 0.189. The van der Waals surface area contributed by atoms with Crippen LogP contribution >= 0.6 is 0 Å². The number of nitrogens with two attached hydrogens (primary N) is 1. The number of hydrogen-bond donors (Lipinski definition) is 2. The van der Waals surface area contributed by atoms with Crippen LogP contribution in [0.15, 0.2) is 18.3 Å². The van der Waals surface area contributed by atoms with Crippen molar-refractivity contribution in [3.63, 3.8) is 0 Å². The topological polar surface area (TPSA) is 66.0 Å². The van der Waals surface area contributed by atoms with Crippen LogP contribution in [0, 0.1) is 5.41 Å². The Bertz CT molecular complexity index is 430. The van der Waals surface area contributed by atoms with Crippen molar-refractivity contribution in [2.75, 3.05) is 0 Å². The minimum absolute atomic E-state index is 0.0401. The Hall–Kier alpha value is -1.42. The minimum atomic E-state index is 0.0401. The van der Waals surface area contributed by atoms with Crippen molar-refractivity contribution in [1.82, 2.24) is 9.88 Å². The van der Waals surface area contributed by atoms with Gasteiger partial charge in [0.2, 0.25) is 0 Å². The highest BCUT2D eigenvalue weighted by atomic mass is 15.2. The molecule has 1 aliphatic heterocycles. The van der Waals surface area contributed by atoms with Crippen LogP contribution in [0.4, 0.5) is 0 Å². The molecule has 1 aliphatic rings. The van der Waals surface area contributed by atoms with Crippen LogP contribution in [0.25, 0.3) is 0 Å². The third-order valence-corrected chi connectivity index (χ3v) is 3.89. The highest BCUT2D eigenvalue weighted by molar-refractivity contribution is 5.93. The molecule has 0 aromatic carbocycles. The van der Waals surface area contributed by atoms with Crippen molar-refractivity contribution >= 4 is 5.84 Å². The van der Waals surface area contributed by atoms with E-state index in [-0.39, 0.29) is 5.84 Å². The number of nitrogens with one attached hydrogen (secondary N) is 1. The molecule has 4 nitrogen and oxygen atoms in total. The highest BCUT2D eigenvalue weighted by Gasteiger charge is 2.28. The number of nitrogen functional groups attached to an aromatic ring is 1. The number of rotatable bonds is 4. The molecule has 18 heavy (non-hydrogen) atoms. The second kappa shape index (κ2) is 5.48. The third-order valence-electron chi connectivity index (χ3n) is 3.89. The Morgan fingerprint density at radius 2 is 2.33 bits per heavy atom. The molecule has 0 radical (unpaired) electrons. The van der Waals surface area contributed by atoms with Gasteiger partial charge >= 0.3 is 0 Å². The molecule has 98 valence electrons. The molecule has 0 amide bonds. The largest absolute Gasteiger partial charge is 0.382 e. The predicted molar refractivity (Wildman–Crippen MR) is 73.6 cm³/mol. The van der Waals surface area contributed by atoms with Crippen LogP contribution in [0.1, 0.15) is 44.4 Å². The van der Waals surface area contributed by atoms with E-state index in [9.17, 15) is 0 Å². The summed E-state index contributed by atoms with van der Waals surface area (Å²) in [5.74, 6) is 0.0401. The molecule has 1 saturated heterocycles. The molecule has 3 N–H and O–H groups in total.